The quantitative estimate of drug-likeness (QED) is 0.155. The summed E-state index contributed by atoms with van der Waals surface area (Å²) in [5.41, 5.74) is 22.4. The summed E-state index contributed by atoms with van der Waals surface area (Å²) < 4.78 is 16.9. The molecule has 64 heavy (non-hydrogen) atoms. The van der Waals surface area contributed by atoms with Crippen LogP contribution < -0.4 is 15.9 Å². The average Bonchev–Trinajstić information content (AvgIpc) is 3.97. The van der Waals surface area contributed by atoms with Gasteiger partial charge in [-0.1, -0.05) is 143 Å². The van der Waals surface area contributed by atoms with Crippen LogP contribution in [-0.2, 0) is 21.7 Å². The zero-order chi connectivity index (χ0) is 44.1. The molecule has 3 aliphatic rings. The Labute approximate surface area is 375 Å². The predicted octanol–water partition coefficient (Wildman–Crippen LogP) is 14.9. The highest BCUT2D eigenvalue weighted by molar-refractivity contribution is 6.93. The van der Waals surface area contributed by atoms with Crippen LogP contribution in [-0.4, -0.2) is 11.4 Å². The number of hydrogen-bond donors (Lipinski definition) is 0. The Bertz CT molecular complexity index is 3700. The number of hydrogen-bond acceptors (Lipinski definition) is 3. The molecule has 0 spiro atoms. The average molecular weight is 833 g/mol. The summed E-state index contributed by atoms with van der Waals surface area (Å²) in [6, 6.07) is 46.0. The van der Waals surface area contributed by atoms with Crippen molar-refractivity contribution < 1.29 is 8.83 Å². The lowest BCUT2D eigenvalue weighted by Crippen LogP contribution is -2.60. The van der Waals surface area contributed by atoms with Crippen molar-refractivity contribution in [2.75, 3.05) is 4.81 Å². The second kappa shape index (κ2) is 12.0. The first-order valence-electron chi connectivity index (χ1n) is 23.1. The first-order valence-corrected chi connectivity index (χ1v) is 23.1. The minimum absolute atomic E-state index is 0.00801. The van der Waals surface area contributed by atoms with Gasteiger partial charge in [-0.25, -0.2) is 0 Å². The fraction of sp³-hybridized carbons (Fsp3) is 0.254. The predicted molar refractivity (Wildman–Crippen MR) is 271 cm³/mol. The first-order chi connectivity index (χ1) is 30.4. The number of rotatable bonds is 1. The minimum Gasteiger partial charge on any atom is -0.466 e. The third-order valence-corrected chi connectivity index (χ3v) is 15.2. The van der Waals surface area contributed by atoms with E-state index in [4.69, 9.17) is 8.83 Å². The Morgan fingerprint density at radius 2 is 1.17 bits per heavy atom. The van der Waals surface area contributed by atoms with Gasteiger partial charge in [0.25, 0.3) is 0 Å². The third kappa shape index (κ3) is 4.80. The number of anilines is 2. The van der Waals surface area contributed by atoms with Gasteiger partial charge in [-0.05, 0) is 121 Å². The SMILES string of the molecule is CC(C)(C)c1ccc(N2B3c4oc5ccc(C(C)(C)C)cc5c4-n4c5ccc(C(C)(C)C)cc5c5c6c(c(c3c54)-c3cc4oc5ccccc5c4cc32)-c2ccccc2C6(C)C)cc1. The molecule has 0 radical (unpaired) electrons. The van der Waals surface area contributed by atoms with Crippen LogP contribution in [0.25, 0.3) is 82.7 Å². The lowest BCUT2D eigenvalue weighted by atomic mass is 9.45. The lowest BCUT2D eigenvalue weighted by Gasteiger charge is -2.41. The second-order valence-corrected chi connectivity index (χ2v) is 22.6. The molecule has 0 amide bonds. The molecule has 0 unspecified atom stereocenters. The van der Waals surface area contributed by atoms with Crippen LogP contribution in [0, 0.1) is 0 Å². The molecule has 5 heteroatoms. The van der Waals surface area contributed by atoms with Crippen molar-refractivity contribution in [3.05, 3.63) is 149 Å². The molecular formula is C59H53BN2O2. The van der Waals surface area contributed by atoms with Crippen molar-refractivity contribution in [1.29, 1.82) is 0 Å². The van der Waals surface area contributed by atoms with E-state index in [1.54, 1.807) is 0 Å². The minimum atomic E-state index is -0.283. The second-order valence-electron chi connectivity index (χ2n) is 22.6. The van der Waals surface area contributed by atoms with E-state index in [1.807, 2.05) is 0 Å². The standard InChI is InChI=1S/C59H53BN2O2/c1-56(2,3)32-20-24-35(25-21-32)62-44-30-38-36-16-13-15-19-45(36)63-47(38)31-40(44)49-48-37-17-12-14-18-42(37)59(10,11)51(48)50-39-28-33(57(4,5)6)22-26-43(39)61-53-41-29-34(58(7,8)9)23-27-46(41)64-55(53)60(62)52(49)54(50)61/h12-31H,1-11H3. The molecule has 0 fully saturated rings. The van der Waals surface area contributed by atoms with Crippen LogP contribution in [0.15, 0.2) is 130 Å². The molecule has 5 heterocycles. The molecule has 0 atom stereocenters. The Kier molecular flexibility index (Phi) is 7.14. The molecule has 314 valence electrons. The Hall–Kier alpha value is -6.46. The van der Waals surface area contributed by atoms with E-state index >= 15 is 0 Å². The molecule has 0 saturated carbocycles. The van der Waals surface area contributed by atoms with Crippen LogP contribution in [0.3, 0.4) is 0 Å². The van der Waals surface area contributed by atoms with Gasteiger partial charge in [0.05, 0.1) is 16.7 Å². The Morgan fingerprint density at radius 1 is 0.531 bits per heavy atom. The fourth-order valence-electron chi connectivity index (χ4n) is 11.9. The molecule has 0 saturated heterocycles. The molecule has 0 bridgehead atoms. The molecule has 2 aliphatic heterocycles. The van der Waals surface area contributed by atoms with Crippen molar-refractivity contribution in [2.45, 2.75) is 97.8 Å². The van der Waals surface area contributed by atoms with Crippen molar-refractivity contribution in [3.63, 3.8) is 0 Å². The van der Waals surface area contributed by atoms with Crippen LogP contribution in [0.2, 0.25) is 0 Å². The first kappa shape index (κ1) is 38.0. The van der Waals surface area contributed by atoms with Crippen molar-refractivity contribution >= 4 is 84.1 Å². The lowest BCUT2D eigenvalue weighted by molar-refractivity contribution is 0.590. The van der Waals surface area contributed by atoms with Gasteiger partial charge in [0, 0.05) is 49.3 Å². The van der Waals surface area contributed by atoms with Gasteiger partial charge in [-0.3, -0.25) is 0 Å². The zero-order valence-electron chi connectivity index (χ0n) is 38.8. The molecule has 3 aromatic heterocycles. The molecular weight excluding hydrogens is 779 g/mol. The van der Waals surface area contributed by atoms with Crippen LogP contribution >= 0.6 is 0 Å². The summed E-state index contributed by atoms with van der Waals surface area (Å²) in [7, 11) is 0. The van der Waals surface area contributed by atoms with Crippen molar-refractivity contribution in [1.82, 2.24) is 4.57 Å². The molecule has 1 aliphatic carbocycles. The molecule has 7 aromatic carbocycles. The van der Waals surface area contributed by atoms with E-state index in [0.29, 0.717) is 0 Å². The van der Waals surface area contributed by atoms with Gasteiger partial charge >= 0.3 is 6.85 Å². The summed E-state index contributed by atoms with van der Waals surface area (Å²) in [6.07, 6.45) is 0. The maximum absolute atomic E-state index is 7.47. The normalized spacial score (nSPS) is 15.2. The largest absolute Gasteiger partial charge is 0.466 e. The molecule has 10 aromatic rings. The summed E-state index contributed by atoms with van der Waals surface area (Å²) >= 11 is 0. The highest BCUT2D eigenvalue weighted by Crippen LogP contribution is 2.60. The highest BCUT2D eigenvalue weighted by Gasteiger charge is 2.52. The van der Waals surface area contributed by atoms with Gasteiger partial charge in [0.1, 0.15) is 22.4 Å². The van der Waals surface area contributed by atoms with E-state index in [-0.39, 0.29) is 28.5 Å². The van der Waals surface area contributed by atoms with E-state index in [1.165, 1.54) is 77.3 Å². The van der Waals surface area contributed by atoms with Gasteiger partial charge in [-0.2, -0.15) is 0 Å². The van der Waals surface area contributed by atoms with Gasteiger partial charge in [0.15, 0.2) is 0 Å². The summed E-state index contributed by atoms with van der Waals surface area (Å²) in [5, 5.41) is 6.05. The van der Waals surface area contributed by atoms with Crippen molar-refractivity contribution in [3.8, 4) is 27.9 Å². The number of furan rings is 2. The van der Waals surface area contributed by atoms with E-state index < -0.39 is 0 Å². The van der Waals surface area contributed by atoms with E-state index in [2.05, 4.69) is 207 Å². The maximum Gasteiger partial charge on any atom is 0.375 e. The van der Waals surface area contributed by atoms with Gasteiger partial charge in [0.2, 0.25) is 0 Å². The maximum atomic E-state index is 7.47. The third-order valence-electron chi connectivity index (χ3n) is 15.2. The van der Waals surface area contributed by atoms with E-state index in [0.717, 1.165) is 55.6 Å². The molecule has 13 rings (SSSR count). The fourth-order valence-corrected chi connectivity index (χ4v) is 11.9. The Morgan fingerprint density at radius 3 is 1.91 bits per heavy atom. The van der Waals surface area contributed by atoms with Crippen LogP contribution in [0.4, 0.5) is 11.4 Å². The summed E-state index contributed by atoms with van der Waals surface area (Å²) in [6.45, 7) is 25.4. The van der Waals surface area contributed by atoms with Crippen LogP contribution in [0.1, 0.15) is 104 Å². The summed E-state index contributed by atoms with van der Waals surface area (Å²) in [4.78, 5) is 2.61. The number of aromatic nitrogens is 1. The zero-order valence-corrected chi connectivity index (χ0v) is 38.8. The highest BCUT2D eigenvalue weighted by atomic mass is 16.3. The Balaban J connectivity index is 1.29. The van der Waals surface area contributed by atoms with Crippen molar-refractivity contribution in [2.24, 2.45) is 0 Å². The van der Waals surface area contributed by atoms with Gasteiger partial charge in [-0.15, -0.1) is 0 Å². The summed E-state index contributed by atoms with van der Waals surface area (Å²) in [5.74, 6) is 0. The topological polar surface area (TPSA) is 34.5 Å². The number of para-hydroxylation sites is 1. The van der Waals surface area contributed by atoms with E-state index in [9.17, 15) is 0 Å². The number of fused-ring (bicyclic) bond motifs is 18. The number of nitrogens with zero attached hydrogens (tertiary/aromatic N) is 2. The monoisotopic (exact) mass is 832 g/mol. The smallest absolute Gasteiger partial charge is 0.375 e. The molecule has 4 nitrogen and oxygen atoms in total. The molecule has 0 N–H and O–H groups in total. The van der Waals surface area contributed by atoms with Crippen LogP contribution in [0.5, 0.6) is 0 Å². The van der Waals surface area contributed by atoms with Gasteiger partial charge < -0.3 is 18.2 Å². The number of benzene rings is 7.